The Morgan fingerprint density at radius 3 is 3.00 bits per heavy atom. The Hall–Kier alpha value is -2.30. The van der Waals surface area contributed by atoms with Gasteiger partial charge in [-0.2, -0.15) is 0 Å². The van der Waals surface area contributed by atoms with Crippen molar-refractivity contribution in [2.75, 3.05) is 5.32 Å². The predicted octanol–water partition coefficient (Wildman–Crippen LogP) is 1.53. The molecule has 1 amide bonds. The Morgan fingerprint density at radius 1 is 1.25 bits per heavy atom. The third-order valence-corrected chi connectivity index (χ3v) is 2.44. The molecule has 0 aromatic carbocycles. The topological polar surface area (TPSA) is 67.2 Å². The molecule has 5 heteroatoms. The van der Waals surface area contributed by atoms with Crippen LogP contribution in [0.3, 0.4) is 0 Å². The van der Waals surface area contributed by atoms with E-state index in [1.165, 1.54) is 0 Å². The van der Waals surface area contributed by atoms with Crippen molar-refractivity contribution in [3.63, 3.8) is 0 Å². The van der Waals surface area contributed by atoms with Gasteiger partial charge in [0.2, 0.25) is 0 Å². The Kier molecular flexibility index (Phi) is 1.89. The van der Waals surface area contributed by atoms with Crippen molar-refractivity contribution in [2.45, 2.75) is 6.17 Å². The number of nitrogens with zero attached hydrogens (tertiary/aromatic N) is 1. The third kappa shape index (κ3) is 1.33. The molecule has 0 saturated carbocycles. The number of carbonyl (C=O) groups is 1. The van der Waals surface area contributed by atoms with E-state index in [0.29, 0.717) is 17.1 Å². The number of rotatable bonds is 1. The molecule has 5 nitrogen and oxygen atoms in total. The quantitative estimate of drug-likeness (QED) is 0.757. The van der Waals surface area contributed by atoms with Crippen molar-refractivity contribution in [2.24, 2.45) is 0 Å². The SMILES string of the molecule is O=C1NC(c2ccco2)Nc2ncccc21. The summed E-state index contributed by atoms with van der Waals surface area (Å²) >= 11 is 0. The third-order valence-electron chi connectivity index (χ3n) is 2.44. The van der Waals surface area contributed by atoms with E-state index in [1.807, 2.05) is 0 Å². The minimum atomic E-state index is -0.357. The number of furan rings is 1. The van der Waals surface area contributed by atoms with Gasteiger partial charge in [-0.15, -0.1) is 0 Å². The number of nitrogens with one attached hydrogen (secondary N) is 2. The highest BCUT2D eigenvalue weighted by Crippen LogP contribution is 2.24. The van der Waals surface area contributed by atoms with E-state index in [0.717, 1.165) is 0 Å². The maximum Gasteiger partial charge on any atom is 0.256 e. The predicted molar refractivity (Wildman–Crippen MR) is 56.8 cm³/mol. The normalized spacial score (nSPS) is 18.5. The van der Waals surface area contributed by atoms with Gasteiger partial charge in [0, 0.05) is 6.20 Å². The summed E-state index contributed by atoms with van der Waals surface area (Å²) in [6.07, 6.45) is 2.85. The monoisotopic (exact) mass is 215 g/mol. The molecule has 0 aliphatic carbocycles. The zero-order valence-electron chi connectivity index (χ0n) is 8.31. The lowest BCUT2D eigenvalue weighted by Crippen LogP contribution is -2.38. The van der Waals surface area contributed by atoms with Gasteiger partial charge in [-0.25, -0.2) is 4.98 Å². The van der Waals surface area contributed by atoms with E-state index in [-0.39, 0.29) is 12.1 Å². The number of hydrogen-bond acceptors (Lipinski definition) is 4. The summed E-state index contributed by atoms with van der Waals surface area (Å²) in [6, 6.07) is 7.03. The second-order valence-electron chi connectivity index (χ2n) is 3.47. The lowest BCUT2D eigenvalue weighted by atomic mass is 10.2. The number of anilines is 1. The fourth-order valence-corrected chi connectivity index (χ4v) is 1.68. The maximum atomic E-state index is 11.8. The molecule has 16 heavy (non-hydrogen) atoms. The van der Waals surface area contributed by atoms with Crippen molar-refractivity contribution in [1.29, 1.82) is 0 Å². The maximum absolute atomic E-state index is 11.8. The summed E-state index contributed by atoms with van der Waals surface area (Å²) in [5.74, 6) is 1.08. The molecule has 0 fully saturated rings. The molecule has 1 aliphatic heterocycles. The van der Waals surface area contributed by atoms with E-state index >= 15 is 0 Å². The van der Waals surface area contributed by atoms with E-state index < -0.39 is 0 Å². The van der Waals surface area contributed by atoms with Crippen LogP contribution in [0.5, 0.6) is 0 Å². The van der Waals surface area contributed by atoms with E-state index in [4.69, 9.17) is 4.42 Å². The molecule has 0 saturated heterocycles. The number of fused-ring (bicyclic) bond motifs is 1. The van der Waals surface area contributed by atoms with Gasteiger partial charge in [0.25, 0.3) is 5.91 Å². The van der Waals surface area contributed by atoms with Crippen molar-refractivity contribution in [3.05, 3.63) is 48.0 Å². The Bertz CT molecular complexity index is 522. The molecule has 2 aromatic heterocycles. The van der Waals surface area contributed by atoms with Gasteiger partial charge in [-0.05, 0) is 24.3 Å². The first-order valence-electron chi connectivity index (χ1n) is 4.90. The average molecular weight is 215 g/mol. The summed E-state index contributed by atoms with van der Waals surface area (Å²) in [4.78, 5) is 15.9. The van der Waals surface area contributed by atoms with Gasteiger partial charge in [-0.3, -0.25) is 4.79 Å². The van der Waals surface area contributed by atoms with Crippen LogP contribution in [0.4, 0.5) is 5.82 Å². The Balaban J connectivity index is 1.98. The van der Waals surface area contributed by atoms with Crippen LogP contribution in [0.2, 0.25) is 0 Å². The molecule has 0 radical (unpaired) electrons. The lowest BCUT2D eigenvalue weighted by Gasteiger charge is -2.25. The fourth-order valence-electron chi connectivity index (χ4n) is 1.68. The minimum absolute atomic E-state index is 0.150. The van der Waals surface area contributed by atoms with Crippen LogP contribution >= 0.6 is 0 Å². The molecular formula is C11H9N3O2. The highest BCUT2D eigenvalue weighted by molar-refractivity contribution is 6.00. The number of pyridine rings is 1. The molecule has 2 aromatic rings. The molecule has 1 atom stereocenters. The highest BCUT2D eigenvalue weighted by Gasteiger charge is 2.26. The van der Waals surface area contributed by atoms with Crippen molar-refractivity contribution in [1.82, 2.24) is 10.3 Å². The van der Waals surface area contributed by atoms with Gasteiger partial charge in [0.1, 0.15) is 11.6 Å². The van der Waals surface area contributed by atoms with Gasteiger partial charge >= 0.3 is 0 Å². The molecular weight excluding hydrogens is 206 g/mol. The first-order valence-corrected chi connectivity index (χ1v) is 4.90. The summed E-state index contributed by atoms with van der Waals surface area (Å²) < 4.78 is 5.23. The van der Waals surface area contributed by atoms with Crippen LogP contribution in [0, 0.1) is 0 Å². The lowest BCUT2D eigenvalue weighted by molar-refractivity contribution is 0.0930. The van der Waals surface area contributed by atoms with Gasteiger partial charge in [-0.1, -0.05) is 0 Å². The molecule has 80 valence electrons. The summed E-state index contributed by atoms with van der Waals surface area (Å²) in [5.41, 5.74) is 0.547. The van der Waals surface area contributed by atoms with E-state index in [2.05, 4.69) is 15.6 Å². The van der Waals surface area contributed by atoms with E-state index in [1.54, 1.807) is 36.7 Å². The molecule has 1 unspecified atom stereocenters. The smallest absolute Gasteiger partial charge is 0.256 e. The summed E-state index contributed by atoms with van der Waals surface area (Å²) in [6.45, 7) is 0. The molecule has 2 N–H and O–H groups in total. The number of hydrogen-bond donors (Lipinski definition) is 2. The van der Waals surface area contributed by atoms with Crippen LogP contribution in [0.15, 0.2) is 41.1 Å². The van der Waals surface area contributed by atoms with Gasteiger partial charge in [0.15, 0.2) is 6.17 Å². The molecule has 3 rings (SSSR count). The zero-order valence-corrected chi connectivity index (χ0v) is 8.31. The van der Waals surface area contributed by atoms with Crippen LogP contribution in [0.25, 0.3) is 0 Å². The summed E-state index contributed by atoms with van der Waals surface area (Å²) in [5, 5.41) is 5.88. The second-order valence-corrected chi connectivity index (χ2v) is 3.47. The largest absolute Gasteiger partial charge is 0.465 e. The van der Waals surface area contributed by atoms with Crippen molar-refractivity contribution < 1.29 is 9.21 Å². The first kappa shape index (κ1) is 8.96. The van der Waals surface area contributed by atoms with Crippen molar-refractivity contribution >= 4 is 11.7 Å². The standard InChI is InChI=1S/C11H9N3O2/c15-11-7-3-1-5-12-9(7)13-10(14-11)8-4-2-6-16-8/h1-6,10H,(H,12,13)(H,14,15). The van der Waals surface area contributed by atoms with Gasteiger partial charge < -0.3 is 15.1 Å². The van der Waals surface area contributed by atoms with Crippen molar-refractivity contribution in [3.8, 4) is 0 Å². The van der Waals surface area contributed by atoms with Crippen LogP contribution in [-0.4, -0.2) is 10.9 Å². The fraction of sp³-hybridized carbons (Fsp3) is 0.0909. The van der Waals surface area contributed by atoms with E-state index in [9.17, 15) is 4.79 Å². The van der Waals surface area contributed by atoms with Crippen LogP contribution < -0.4 is 10.6 Å². The van der Waals surface area contributed by atoms with Gasteiger partial charge in [0.05, 0.1) is 11.8 Å². The number of carbonyl (C=O) groups excluding carboxylic acids is 1. The first-order chi connectivity index (χ1) is 7.84. The highest BCUT2D eigenvalue weighted by atomic mass is 16.3. The molecule has 1 aliphatic rings. The molecule has 0 bridgehead atoms. The van der Waals surface area contributed by atoms with Crippen LogP contribution in [0.1, 0.15) is 22.3 Å². The average Bonchev–Trinajstić information content (AvgIpc) is 2.82. The minimum Gasteiger partial charge on any atom is -0.465 e. The molecule has 0 spiro atoms. The second kappa shape index (κ2) is 3.37. The molecule has 3 heterocycles. The summed E-state index contributed by atoms with van der Waals surface area (Å²) in [7, 11) is 0. The Labute approximate surface area is 91.5 Å². The number of aromatic nitrogens is 1. The Morgan fingerprint density at radius 2 is 2.19 bits per heavy atom. The van der Waals surface area contributed by atoms with Crippen LogP contribution in [-0.2, 0) is 0 Å². The number of amides is 1. The zero-order chi connectivity index (χ0) is 11.0.